The molecule has 3 aromatic carbocycles. The largest absolute Gasteiger partial charge is 0.494 e. The highest BCUT2D eigenvalue weighted by atomic mass is 19.4. The number of unbranched alkanes of at least 4 members (excludes halogenated alkanes) is 4. The van der Waals surface area contributed by atoms with Gasteiger partial charge in [-0.1, -0.05) is 12.1 Å². The van der Waals surface area contributed by atoms with Crippen molar-refractivity contribution in [1.29, 1.82) is 0 Å². The third-order valence-electron chi connectivity index (χ3n) is 6.58. The third kappa shape index (κ3) is 14.0. The monoisotopic (exact) mass is 664 g/mol. The van der Waals surface area contributed by atoms with E-state index >= 15 is 0 Å². The highest BCUT2D eigenvalue weighted by Crippen LogP contribution is 2.33. The summed E-state index contributed by atoms with van der Waals surface area (Å²) >= 11 is 0. The van der Waals surface area contributed by atoms with Gasteiger partial charge in [0.05, 0.1) is 30.9 Å². The molecule has 47 heavy (non-hydrogen) atoms. The Morgan fingerprint density at radius 2 is 1.26 bits per heavy atom. The van der Waals surface area contributed by atoms with Gasteiger partial charge in [-0.3, -0.25) is 0 Å². The molecule has 8 nitrogen and oxygen atoms in total. The average Bonchev–Trinajstić information content (AvgIpc) is 3.00. The normalized spacial score (nSPS) is 11.8. The minimum Gasteiger partial charge on any atom is -0.494 e. The molecule has 0 saturated heterocycles. The molecule has 0 fully saturated rings. The van der Waals surface area contributed by atoms with Gasteiger partial charge in [-0.25, -0.2) is 9.59 Å². The molecule has 0 atom stereocenters. The number of nitrogen functional groups attached to an aromatic ring is 2. The van der Waals surface area contributed by atoms with E-state index in [-0.39, 0.29) is 44.2 Å². The predicted octanol–water partition coefficient (Wildman–Crippen LogP) is 8.06. The molecule has 0 spiro atoms. The lowest BCUT2D eigenvalue weighted by molar-refractivity contribution is -0.185. The van der Waals surface area contributed by atoms with Crippen LogP contribution in [0, 0.1) is 0 Å². The molecular formula is C34H37F5N2O6. The summed E-state index contributed by atoms with van der Waals surface area (Å²) in [5, 5.41) is 0. The second kappa shape index (κ2) is 17.8. The molecule has 0 radical (unpaired) electrons. The molecule has 0 unspecified atom stereocenters. The topological polar surface area (TPSA) is 123 Å². The molecule has 0 aliphatic heterocycles. The number of halogens is 5. The Hall–Kier alpha value is -4.81. The van der Waals surface area contributed by atoms with Gasteiger partial charge in [0.15, 0.2) is 0 Å². The van der Waals surface area contributed by atoms with Crippen molar-refractivity contribution < 1.29 is 50.5 Å². The summed E-state index contributed by atoms with van der Waals surface area (Å²) in [6.45, 7) is 0.483. The standard InChI is InChI=1S/C34H37F5N2O6/c35-33(36,37)17-3-6-18-44-29-14-10-26(11-15-29)34(38,39)47-30-12-7-24(8-13-30)9-16-31(42)45-19-4-1-2-5-20-46-32(43)25-21-27(40)23-28(41)22-25/h7-16,21-23H,1-6,17-20,40-41H2/b16-9+. The number of benzene rings is 3. The quantitative estimate of drug-likeness (QED) is 0.0460. The molecule has 4 N–H and O–H groups in total. The van der Waals surface area contributed by atoms with E-state index in [0.29, 0.717) is 35.3 Å². The Morgan fingerprint density at radius 3 is 1.87 bits per heavy atom. The van der Waals surface area contributed by atoms with Gasteiger partial charge in [0.1, 0.15) is 11.5 Å². The molecule has 0 amide bonds. The van der Waals surface area contributed by atoms with Gasteiger partial charge in [-0.2, -0.15) is 22.0 Å². The molecular weight excluding hydrogens is 627 g/mol. The number of hydrogen-bond acceptors (Lipinski definition) is 8. The molecule has 3 rings (SSSR count). The van der Waals surface area contributed by atoms with E-state index in [9.17, 15) is 31.5 Å². The predicted molar refractivity (Wildman–Crippen MR) is 167 cm³/mol. The van der Waals surface area contributed by atoms with Crippen molar-refractivity contribution in [2.45, 2.75) is 57.2 Å². The number of carbonyl (C=O) groups is 2. The first-order chi connectivity index (χ1) is 22.3. The van der Waals surface area contributed by atoms with Gasteiger partial charge in [0.2, 0.25) is 0 Å². The molecule has 0 heterocycles. The van der Waals surface area contributed by atoms with Crippen LogP contribution in [0.3, 0.4) is 0 Å². The molecule has 0 saturated carbocycles. The lowest BCUT2D eigenvalue weighted by Gasteiger charge is -2.18. The van der Waals surface area contributed by atoms with E-state index in [1.165, 1.54) is 60.7 Å². The van der Waals surface area contributed by atoms with Crippen LogP contribution in [0.5, 0.6) is 11.5 Å². The maximum Gasteiger partial charge on any atom is 0.426 e. The van der Waals surface area contributed by atoms with E-state index in [4.69, 9.17) is 30.4 Å². The summed E-state index contributed by atoms with van der Waals surface area (Å²) in [4.78, 5) is 24.1. The van der Waals surface area contributed by atoms with Crippen LogP contribution in [-0.2, 0) is 20.4 Å². The summed E-state index contributed by atoms with van der Waals surface area (Å²) < 4.78 is 86.5. The van der Waals surface area contributed by atoms with Gasteiger partial charge in [0.25, 0.3) is 0 Å². The molecule has 0 bridgehead atoms. The van der Waals surface area contributed by atoms with Gasteiger partial charge < -0.3 is 30.4 Å². The molecule has 3 aromatic rings. The Kier molecular flexibility index (Phi) is 13.9. The lowest BCUT2D eigenvalue weighted by Crippen LogP contribution is -2.21. The zero-order chi connectivity index (χ0) is 34.3. The Labute approximate surface area is 269 Å². The highest BCUT2D eigenvalue weighted by molar-refractivity contribution is 5.91. The summed E-state index contributed by atoms with van der Waals surface area (Å²) in [5.41, 5.74) is 12.5. The third-order valence-corrected chi connectivity index (χ3v) is 6.58. The fraction of sp³-hybridized carbons (Fsp3) is 0.353. The number of carbonyl (C=O) groups excluding carboxylic acids is 2. The summed E-state index contributed by atoms with van der Waals surface area (Å²) in [6, 6.07) is 15.0. The van der Waals surface area contributed by atoms with Crippen LogP contribution >= 0.6 is 0 Å². The lowest BCUT2D eigenvalue weighted by atomic mass is 10.2. The van der Waals surface area contributed by atoms with Crippen LogP contribution in [0.1, 0.15) is 66.4 Å². The fourth-order valence-corrected chi connectivity index (χ4v) is 4.20. The maximum absolute atomic E-state index is 14.7. The van der Waals surface area contributed by atoms with Crippen LogP contribution in [0.4, 0.5) is 33.3 Å². The number of alkyl halides is 5. The van der Waals surface area contributed by atoms with Crippen LogP contribution in [0.2, 0.25) is 0 Å². The average molecular weight is 665 g/mol. The summed E-state index contributed by atoms with van der Waals surface area (Å²) in [5.74, 6) is -0.907. The first-order valence-electron chi connectivity index (χ1n) is 15.0. The first-order valence-corrected chi connectivity index (χ1v) is 15.0. The number of nitrogens with two attached hydrogens (primary N) is 2. The number of hydrogen-bond donors (Lipinski definition) is 2. The van der Waals surface area contributed by atoms with Crippen LogP contribution in [0.25, 0.3) is 6.08 Å². The van der Waals surface area contributed by atoms with Crippen molar-refractivity contribution in [2.24, 2.45) is 0 Å². The van der Waals surface area contributed by atoms with E-state index < -0.39 is 36.2 Å². The van der Waals surface area contributed by atoms with E-state index in [1.54, 1.807) is 6.07 Å². The SMILES string of the molecule is Nc1cc(N)cc(C(=O)OCCCCCCOC(=O)/C=C/c2ccc(OC(F)(F)c3ccc(OCCCCC(F)(F)F)cc3)cc2)c1. The summed E-state index contributed by atoms with van der Waals surface area (Å²) in [7, 11) is 0. The van der Waals surface area contributed by atoms with E-state index in [0.717, 1.165) is 25.0 Å². The minimum absolute atomic E-state index is 0.0343. The van der Waals surface area contributed by atoms with Crippen LogP contribution < -0.4 is 20.9 Å². The molecule has 0 aliphatic rings. The number of anilines is 2. The van der Waals surface area contributed by atoms with Crippen LogP contribution in [-0.4, -0.2) is 37.9 Å². The van der Waals surface area contributed by atoms with Crippen molar-refractivity contribution in [3.05, 3.63) is 89.5 Å². The summed E-state index contributed by atoms with van der Waals surface area (Å²) in [6.07, 6.45) is -3.18. The number of rotatable bonds is 18. The van der Waals surface area contributed by atoms with Gasteiger partial charge in [-0.05, 0) is 105 Å². The van der Waals surface area contributed by atoms with Gasteiger partial charge >= 0.3 is 24.2 Å². The molecule has 254 valence electrons. The van der Waals surface area contributed by atoms with Crippen molar-refractivity contribution in [3.8, 4) is 11.5 Å². The maximum atomic E-state index is 14.7. The highest BCUT2D eigenvalue weighted by Gasteiger charge is 2.34. The van der Waals surface area contributed by atoms with E-state index in [2.05, 4.69) is 0 Å². The molecule has 0 aromatic heterocycles. The second-order valence-corrected chi connectivity index (χ2v) is 10.6. The first kappa shape index (κ1) is 36.7. The fourth-order valence-electron chi connectivity index (χ4n) is 4.20. The van der Waals surface area contributed by atoms with Gasteiger partial charge in [0, 0.05) is 23.9 Å². The van der Waals surface area contributed by atoms with Crippen molar-refractivity contribution in [2.75, 3.05) is 31.3 Å². The smallest absolute Gasteiger partial charge is 0.426 e. The molecule has 0 aliphatic carbocycles. The molecule has 13 heteroatoms. The van der Waals surface area contributed by atoms with Gasteiger partial charge in [-0.15, -0.1) is 0 Å². The Balaban J connectivity index is 1.30. The van der Waals surface area contributed by atoms with E-state index in [1.807, 2.05) is 0 Å². The van der Waals surface area contributed by atoms with Crippen molar-refractivity contribution >= 4 is 29.4 Å². The van der Waals surface area contributed by atoms with Crippen LogP contribution in [0.15, 0.2) is 72.8 Å². The zero-order valence-electron chi connectivity index (χ0n) is 25.6. The minimum atomic E-state index is -4.22. The Bertz CT molecular complexity index is 1440. The number of esters is 2. The zero-order valence-corrected chi connectivity index (χ0v) is 25.6. The van der Waals surface area contributed by atoms with Crippen molar-refractivity contribution in [3.63, 3.8) is 0 Å². The van der Waals surface area contributed by atoms with Crippen molar-refractivity contribution in [1.82, 2.24) is 0 Å². The Morgan fingerprint density at radius 1 is 0.681 bits per heavy atom. The second-order valence-electron chi connectivity index (χ2n) is 10.6. The number of ether oxygens (including phenoxy) is 4.